The number of rotatable bonds is 7. The normalized spacial score (nSPS) is 19.0. The Morgan fingerprint density at radius 3 is 2.30 bits per heavy atom. The Hall–Kier alpha value is -2.94. The van der Waals surface area contributed by atoms with Gasteiger partial charge in [-0.3, -0.25) is 9.69 Å². The number of alkyl halides is 3. The first-order valence-corrected chi connectivity index (χ1v) is 9.28. The molecule has 0 bridgehead atoms. The summed E-state index contributed by atoms with van der Waals surface area (Å²) in [4.78, 5) is 14.9. The number of amides is 1. The van der Waals surface area contributed by atoms with Crippen molar-refractivity contribution in [3.63, 3.8) is 0 Å². The summed E-state index contributed by atoms with van der Waals surface area (Å²) >= 11 is 0. The fraction of sp³-hybridized carbons (Fsp3) is 0.381. The summed E-state index contributed by atoms with van der Waals surface area (Å²) in [5, 5.41) is 2.90. The van der Waals surface area contributed by atoms with Gasteiger partial charge in [-0.15, -0.1) is 13.2 Å². The van der Waals surface area contributed by atoms with Crippen LogP contribution < -0.4 is 19.5 Å². The zero-order valence-corrected chi connectivity index (χ0v) is 16.9. The van der Waals surface area contributed by atoms with Crippen molar-refractivity contribution in [3.05, 3.63) is 48.0 Å². The topological polar surface area (TPSA) is 60.0 Å². The highest BCUT2D eigenvalue weighted by Gasteiger charge is 2.46. The molecule has 2 aromatic carbocycles. The van der Waals surface area contributed by atoms with Gasteiger partial charge in [0.15, 0.2) is 11.5 Å². The minimum atomic E-state index is -4.72. The molecular weight excluding hydrogens is 401 g/mol. The number of anilines is 1. The lowest BCUT2D eigenvalue weighted by Gasteiger charge is -2.49. The third-order valence-corrected chi connectivity index (χ3v) is 5.23. The van der Waals surface area contributed by atoms with Crippen LogP contribution in [0.15, 0.2) is 42.5 Å². The molecule has 0 spiro atoms. The number of likely N-dealkylation sites (tertiary alicyclic amines) is 1. The third-order valence-electron chi connectivity index (χ3n) is 5.23. The molecule has 1 atom stereocenters. The Morgan fingerprint density at radius 2 is 1.77 bits per heavy atom. The molecule has 0 radical (unpaired) electrons. The van der Waals surface area contributed by atoms with Gasteiger partial charge in [0.25, 0.3) is 0 Å². The van der Waals surface area contributed by atoms with Gasteiger partial charge in [-0.25, -0.2) is 0 Å². The number of ether oxygens (including phenoxy) is 3. The second-order valence-corrected chi connectivity index (χ2v) is 7.16. The molecule has 1 fully saturated rings. The van der Waals surface area contributed by atoms with E-state index in [1.54, 1.807) is 30.3 Å². The standard InChI is InChI=1S/C21H23F3N2O4/c1-20(19(27)25-15-6-9-17(28-2)18(12-15)29-3)10-11-26(20)13-14-4-7-16(8-5-14)30-21(22,23)24/h4-9,12H,10-11,13H2,1-3H3,(H,25,27). The summed E-state index contributed by atoms with van der Waals surface area (Å²) in [5.74, 6) is 0.624. The lowest BCUT2D eigenvalue weighted by atomic mass is 9.85. The molecule has 1 unspecified atom stereocenters. The Bertz CT molecular complexity index is 902. The fourth-order valence-electron chi connectivity index (χ4n) is 3.31. The minimum absolute atomic E-state index is 0.169. The molecule has 0 aromatic heterocycles. The highest BCUT2D eigenvalue weighted by atomic mass is 19.4. The number of hydrogen-bond acceptors (Lipinski definition) is 5. The highest BCUT2D eigenvalue weighted by molar-refractivity contribution is 5.98. The Morgan fingerprint density at radius 1 is 1.10 bits per heavy atom. The van der Waals surface area contributed by atoms with E-state index in [4.69, 9.17) is 9.47 Å². The summed E-state index contributed by atoms with van der Waals surface area (Å²) in [6.07, 6.45) is -4.05. The first-order chi connectivity index (χ1) is 14.1. The number of methoxy groups -OCH3 is 2. The summed E-state index contributed by atoms with van der Waals surface area (Å²) in [6.45, 7) is 2.98. The maximum absolute atomic E-state index is 12.9. The van der Waals surface area contributed by atoms with E-state index in [1.807, 2.05) is 11.8 Å². The monoisotopic (exact) mass is 424 g/mol. The number of benzene rings is 2. The first-order valence-electron chi connectivity index (χ1n) is 9.28. The lowest BCUT2D eigenvalue weighted by Crippen LogP contribution is -2.63. The van der Waals surface area contributed by atoms with E-state index in [0.29, 0.717) is 36.7 Å². The summed E-state index contributed by atoms with van der Waals surface area (Å²) < 4.78 is 51.2. The molecule has 162 valence electrons. The van der Waals surface area contributed by atoms with Crippen molar-refractivity contribution in [3.8, 4) is 17.2 Å². The van der Waals surface area contributed by atoms with Gasteiger partial charge in [-0.1, -0.05) is 12.1 Å². The van der Waals surface area contributed by atoms with Gasteiger partial charge in [0.1, 0.15) is 5.75 Å². The quantitative estimate of drug-likeness (QED) is 0.722. The molecule has 3 rings (SSSR count). The van der Waals surface area contributed by atoms with E-state index < -0.39 is 11.9 Å². The van der Waals surface area contributed by atoms with Crippen LogP contribution in [0.5, 0.6) is 17.2 Å². The molecule has 1 saturated heterocycles. The van der Waals surface area contributed by atoms with Crippen molar-refractivity contribution in [2.24, 2.45) is 0 Å². The van der Waals surface area contributed by atoms with Crippen LogP contribution in [0.25, 0.3) is 0 Å². The number of carbonyl (C=O) groups is 1. The lowest BCUT2D eigenvalue weighted by molar-refractivity contribution is -0.274. The largest absolute Gasteiger partial charge is 0.573 e. The molecule has 1 aliphatic heterocycles. The molecule has 2 aromatic rings. The maximum Gasteiger partial charge on any atom is 0.573 e. The zero-order chi connectivity index (χ0) is 21.9. The van der Waals surface area contributed by atoms with Gasteiger partial charge in [-0.2, -0.15) is 0 Å². The van der Waals surface area contributed by atoms with Gasteiger partial charge in [0, 0.05) is 24.8 Å². The van der Waals surface area contributed by atoms with Crippen molar-refractivity contribution in [1.82, 2.24) is 4.90 Å². The Kier molecular flexibility index (Phi) is 6.12. The van der Waals surface area contributed by atoms with Crippen LogP contribution in [0.2, 0.25) is 0 Å². The molecule has 1 heterocycles. The zero-order valence-electron chi connectivity index (χ0n) is 16.9. The van der Waals surface area contributed by atoms with Crippen LogP contribution in [-0.4, -0.2) is 43.5 Å². The second-order valence-electron chi connectivity index (χ2n) is 7.16. The van der Waals surface area contributed by atoms with Gasteiger partial charge in [0.05, 0.1) is 19.8 Å². The predicted octanol–water partition coefficient (Wildman–Crippen LogP) is 4.21. The van der Waals surface area contributed by atoms with E-state index in [2.05, 4.69) is 10.1 Å². The summed E-state index contributed by atoms with van der Waals surface area (Å²) in [6, 6.07) is 10.8. The molecule has 0 aliphatic carbocycles. The van der Waals surface area contributed by atoms with Crippen molar-refractivity contribution >= 4 is 11.6 Å². The molecule has 1 aliphatic rings. The van der Waals surface area contributed by atoms with Crippen LogP contribution in [0, 0.1) is 0 Å². The number of nitrogens with one attached hydrogen (secondary N) is 1. The second kappa shape index (κ2) is 8.43. The first kappa shape index (κ1) is 21.8. The third kappa shape index (κ3) is 4.79. The van der Waals surface area contributed by atoms with Crippen LogP contribution in [0.3, 0.4) is 0 Å². The fourth-order valence-corrected chi connectivity index (χ4v) is 3.31. The van der Waals surface area contributed by atoms with Crippen molar-refractivity contribution in [2.75, 3.05) is 26.1 Å². The molecule has 1 amide bonds. The maximum atomic E-state index is 12.9. The van der Waals surface area contributed by atoms with E-state index >= 15 is 0 Å². The van der Waals surface area contributed by atoms with Gasteiger partial charge < -0.3 is 19.5 Å². The highest BCUT2D eigenvalue weighted by Crippen LogP contribution is 2.35. The number of halogens is 3. The Balaban J connectivity index is 1.64. The number of hydrogen-bond donors (Lipinski definition) is 1. The number of carbonyl (C=O) groups excluding carboxylic acids is 1. The van der Waals surface area contributed by atoms with Gasteiger partial charge >= 0.3 is 6.36 Å². The van der Waals surface area contributed by atoms with Crippen molar-refractivity contribution in [2.45, 2.75) is 31.8 Å². The molecule has 1 N–H and O–H groups in total. The predicted molar refractivity (Wildman–Crippen MR) is 105 cm³/mol. The molecule has 0 saturated carbocycles. The van der Waals surface area contributed by atoms with Crippen LogP contribution in [-0.2, 0) is 11.3 Å². The molecule has 6 nitrogen and oxygen atoms in total. The summed E-state index contributed by atoms with van der Waals surface area (Å²) in [7, 11) is 3.05. The van der Waals surface area contributed by atoms with Crippen LogP contribution in [0.1, 0.15) is 18.9 Å². The average Bonchev–Trinajstić information content (AvgIpc) is 2.70. The molecule has 9 heteroatoms. The SMILES string of the molecule is COc1ccc(NC(=O)C2(C)CCN2Cc2ccc(OC(F)(F)F)cc2)cc1OC. The molecule has 30 heavy (non-hydrogen) atoms. The summed E-state index contributed by atoms with van der Waals surface area (Å²) in [5.41, 5.74) is 0.641. The van der Waals surface area contributed by atoms with E-state index in [9.17, 15) is 18.0 Å². The smallest absolute Gasteiger partial charge is 0.493 e. The number of nitrogens with zero attached hydrogens (tertiary/aromatic N) is 1. The van der Waals surface area contributed by atoms with Crippen LogP contribution >= 0.6 is 0 Å². The van der Waals surface area contributed by atoms with Crippen molar-refractivity contribution < 1.29 is 32.2 Å². The minimum Gasteiger partial charge on any atom is -0.493 e. The van der Waals surface area contributed by atoms with E-state index in [-0.39, 0.29) is 11.7 Å². The van der Waals surface area contributed by atoms with Crippen LogP contribution in [0.4, 0.5) is 18.9 Å². The van der Waals surface area contributed by atoms with E-state index in [0.717, 1.165) is 5.56 Å². The Labute approximate surface area is 172 Å². The average molecular weight is 424 g/mol. The van der Waals surface area contributed by atoms with E-state index in [1.165, 1.54) is 26.4 Å². The van der Waals surface area contributed by atoms with Gasteiger partial charge in [-0.05, 0) is 43.2 Å². The van der Waals surface area contributed by atoms with Gasteiger partial charge in [0.2, 0.25) is 5.91 Å². The molecular formula is C21H23F3N2O4. The van der Waals surface area contributed by atoms with Crippen molar-refractivity contribution in [1.29, 1.82) is 0 Å².